The molecule has 2 atom stereocenters. The van der Waals surface area contributed by atoms with Crippen LogP contribution in [0.4, 0.5) is 5.69 Å². The lowest BCUT2D eigenvalue weighted by molar-refractivity contribution is -0.119. The zero-order valence-electron chi connectivity index (χ0n) is 10.3. The van der Waals surface area contributed by atoms with Crippen LogP contribution in [0.3, 0.4) is 0 Å². The van der Waals surface area contributed by atoms with Gasteiger partial charge in [0.05, 0.1) is 0 Å². The van der Waals surface area contributed by atoms with E-state index in [2.05, 4.69) is 40.9 Å². The highest BCUT2D eigenvalue weighted by molar-refractivity contribution is 14.1. The van der Waals surface area contributed by atoms with Gasteiger partial charge in [-0.3, -0.25) is 4.79 Å². The molecule has 0 aliphatic heterocycles. The Morgan fingerprint density at radius 1 is 1.35 bits per heavy atom. The van der Waals surface area contributed by atoms with Crippen molar-refractivity contribution < 1.29 is 4.79 Å². The van der Waals surface area contributed by atoms with Gasteiger partial charge in [-0.15, -0.1) is 0 Å². The SMILES string of the molecule is Cc1ccc(NC(=O)[C@@H]2CCC(I)C2)c(C)c1. The van der Waals surface area contributed by atoms with E-state index in [0.717, 1.165) is 24.1 Å². The third-order valence-corrected chi connectivity index (χ3v) is 4.51. The summed E-state index contributed by atoms with van der Waals surface area (Å²) in [4.78, 5) is 12.1. The maximum atomic E-state index is 12.1. The van der Waals surface area contributed by atoms with E-state index in [-0.39, 0.29) is 11.8 Å². The largest absolute Gasteiger partial charge is 0.326 e. The van der Waals surface area contributed by atoms with E-state index in [1.807, 2.05) is 19.1 Å². The Morgan fingerprint density at radius 2 is 2.12 bits per heavy atom. The number of nitrogens with one attached hydrogen (secondary N) is 1. The van der Waals surface area contributed by atoms with Crippen molar-refractivity contribution in [2.45, 2.75) is 37.0 Å². The summed E-state index contributed by atoms with van der Waals surface area (Å²) in [5.41, 5.74) is 3.33. The summed E-state index contributed by atoms with van der Waals surface area (Å²) in [6.45, 7) is 4.11. The fraction of sp³-hybridized carbons (Fsp3) is 0.500. The Hall–Kier alpha value is -0.580. The highest BCUT2D eigenvalue weighted by Crippen LogP contribution is 2.32. The second-order valence-electron chi connectivity index (χ2n) is 4.91. The predicted octanol–water partition coefficient (Wildman–Crippen LogP) is 3.85. The molecule has 1 aliphatic rings. The molecule has 0 radical (unpaired) electrons. The van der Waals surface area contributed by atoms with Gasteiger partial charge in [0.15, 0.2) is 0 Å². The maximum absolute atomic E-state index is 12.1. The molecule has 3 heteroatoms. The molecular formula is C14H18INO. The Bertz CT molecular complexity index is 430. The molecule has 1 saturated carbocycles. The van der Waals surface area contributed by atoms with E-state index in [9.17, 15) is 4.79 Å². The molecular weight excluding hydrogens is 325 g/mol. The molecule has 1 aliphatic carbocycles. The van der Waals surface area contributed by atoms with Crippen LogP contribution in [0.15, 0.2) is 18.2 Å². The highest BCUT2D eigenvalue weighted by atomic mass is 127. The van der Waals surface area contributed by atoms with Gasteiger partial charge in [0.2, 0.25) is 5.91 Å². The van der Waals surface area contributed by atoms with Crippen LogP contribution in [0.2, 0.25) is 0 Å². The minimum Gasteiger partial charge on any atom is -0.326 e. The molecule has 1 N–H and O–H groups in total. The molecule has 1 aromatic carbocycles. The number of halogens is 1. The smallest absolute Gasteiger partial charge is 0.227 e. The van der Waals surface area contributed by atoms with E-state index in [1.165, 1.54) is 12.0 Å². The van der Waals surface area contributed by atoms with Gasteiger partial charge in [0.1, 0.15) is 0 Å². The standard InChI is InChI=1S/C14H18INO/c1-9-3-6-13(10(2)7-9)16-14(17)11-4-5-12(15)8-11/h3,6-7,11-12H,4-5,8H2,1-2H3,(H,16,17)/t11-,12?/m1/s1. The van der Waals surface area contributed by atoms with Crippen LogP contribution in [0.5, 0.6) is 0 Å². The van der Waals surface area contributed by atoms with Gasteiger partial charge >= 0.3 is 0 Å². The molecule has 2 nitrogen and oxygen atoms in total. The molecule has 1 amide bonds. The van der Waals surface area contributed by atoms with Gasteiger partial charge in [-0.2, -0.15) is 0 Å². The quantitative estimate of drug-likeness (QED) is 0.642. The fourth-order valence-corrected chi connectivity index (χ4v) is 3.33. The molecule has 0 spiro atoms. The van der Waals surface area contributed by atoms with E-state index in [0.29, 0.717) is 3.92 Å². The van der Waals surface area contributed by atoms with E-state index >= 15 is 0 Å². The first kappa shape index (κ1) is 12.9. The maximum Gasteiger partial charge on any atom is 0.227 e. The number of hydrogen-bond acceptors (Lipinski definition) is 1. The highest BCUT2D eigenvalue weighted by Gasteiger charge is 2.28. The third-order valence-electron chi connectivity index (χ3n) is 3.38. The number of carbonyl (C=O) groups is 1. The lowest BCUT2D eigenvalue weighted by Gasteiger charge is -2.13. The van der Waals surface area contributed by atoms with Gasteiger partial charge in [-0.25, -0.2) is 0 Å². The molecule has 1 aromatic rings. The number of anilines is 1. The number of amides is 1. The van der Waals surface area contributed by atoms with Crippen LogP contribution in [0.25, 0.3) is 0 Å². The number of carbonyl (C=O) groups excluding carboxylic acids is 1. The second-order valence-corrected chi connectivity index (χ2v) is 6.68. The molecule has 0 heterocycles. The molecule has 2 rings (SSSR count). The number of rotatable bonds is 2. The first-order chi connectivity index (χ1) is 8.06. The van der Waals surface area contributed by atoms with Gasteiger partial charge in [-0.1, -0.05) is 40.3 Å². The van der Waals surface area contributed by atoms with Gasteiger partial charge < -0.3 is 5.32 Å². The molecule has 17 heavy (non-hydrogen) atoms. The molecule has 1 fully saturated rings. The van der Waals surface area contributed by atoms with E-state index in [1.54, 1.807) is 0 Å². The Labute approximate surface area is 116 Å². The van der Waals surface area contributed by atoms with Crippen molar-refractivity contribution in [3.8, 4) is 0 Å². The van der Waals surface area contributed by atoms with Crippen LogP contribution in [-0.2, 0) is 4.79 Å². The first-order valence-electron chi connectivity index (χ1n) is 6.08. The van der Waals surface area contributed by atoms with Gasteiger partial charge in [0, 0.05) is 15.5 Å². The van der Waals surface area contributed by atoms with E-state index in [4.69, 9.17) is 0 Å². The minimum absolute atomic E-state index is 0.191. The molecule has 0 aromatic heterocycles. The second kappa shape index (κ2) is 5.38. The van der Waals surface area contributed by atoms with Crippen molar-refractivity contribution >= 4 is 34.2 Å². The third kappa shape index (κ3) is 3.21. The van der Waals surface area contributed by atoms with Crippen molar-refractivity contribution in [3.05, 3.63) is 29.3 Å². The lowest BCUT2D eigenvalue weighted by atomic mass is 10.1. The van der Waals surface area contributed by atoms with Crippen molar-refractivity contribution in [3.63, 3.8) is 0 Å². The number of hydrogen-bond donors (Lipinski definition) is 1. The van der Waals surface area contributed by atoms with Crippen LogP contribution >= 0.6 is 22.6 Å². The molecule has 0 saturated heterocycles. The van der Waals surface area contributed by atoms with Crippen molar-refractivity contribution in [2.24, 2.45) is 5.92 Å². The number of alkyl halides is 1. The molecule has 0 bridgehead atoms. The van der Waals surface area contributed by atoms with Gasteiger partial charge in [-0.05, 0) is 44.7 Å². The average molecular weight is 343 g/mol. The summed E-state index contributed by atoms with van der Waals surface area (Å²) in [7, 11) is 0. The Kier molecular flexibility index (Phi) is 4.07. The monoisotopic (exact) mass is 343 g/mol. The van der Waals surface area contributed by atoms with E-state index < -0.39 is 0 Å². The van der Waals surface area contributed by atoms with Crippen molar-refractivity contribution in [1.29, 1.82) is 0 Å². The topological polar surface area (TPSA) is 29.1 Å². The van der Waals surface area contributed by atoms with Crippen LogP contribution < -0.4 is 5.32 Å². The lowest BCUT2D eigenvalue weighted by Crippen LogP contribution is -2.21. The summed E-state index contributed by atoms with van der Waals surface area (Å²) < 4.78 is 0.669. The molecule has 1 unspecified atom stereocenters. The minimum atomic E-state index is 0.191. The average Bonchev–Trinajstić information content (AvgIpc) is 2.69. The van der Waals surface area contributed by atoms with Gasteiger partial charge in [0.25, 0.3) is 0 Å². The number of benzene rings is 1. The number of aryl methyl sites for hydroxylation is 2. The molecule has 92 valence electrons. The summed E-state index contributed by atoms with van der Waals surface area (Å²) in [5.74, 6) is 0.397. The zero-order chi connectivity index (χ0) is 12.4. The first-order valence-corrected chi connectivity index (χ1v) is 7.33. The Balaban J connectivity index is 2.03. The normalized spacial score (nSPS) is 23.7. The zero-order valence-corrected chi connectivity index (χ0v) is 12.5. The van der Waals surface area contributed by atoms with Crippen LogP contribution in [0.1, 0.15) is 30.4 Å². The van der Waals surface area contributed by atoms with Crippen LogP contribution in [-0.4, -0.2) is 9.83 Å². The Morgan fingerprint density at radius 3 is 2.71 bits per heavy atom. The summed E-state index contributed by atoms with van der Waals surface area (Å²) in [6.07, 6.45) is 3.23. The predicted molar refractivity (Wildman–Crippen MR) is 79.7 cm³/mol. The van der Waals surface area contributed by atoms with Crippen LogP contribution in [0, 0.1) is 19.8 Å². The summed E-state index contributed by atoms with van der Waals surface area (Å²) >= 11 is 2.44. The summed E-state index contributed by atoms with van der Waals surface area (Å²) in [5, 5.41) is 3.06. The van der Waals surface area contributed by atoms with Crippen molar-refractivity contribution in [1.82, 2.24) is 0 Å². The summed E-state index contributed by atoms with van der Waals surface area (Å²) in [6, 6.07) is 6.14. The fourth-order valence-electron chi connectivity index (χ4n) is 2.35. The van der Waals surface area contributed by atoms with Crippen molar-refractivity contribution in [2.75, 3.05) is 5.32 Å².